The molecule has 1 atom stereocenters. The largest absolute Gasteiger partial charge is 0.368 e. The molecule has 5 rings (SSSR count). The minimum absolute atomic E-state index is 0.121. The monoisotopic (exact) mass is 588 g/mol. The van der Waals surface area contributed by atoms with Crippen LogP contribution in [0.15, 0.2) is 54.9 Å². The molecule has 2 aromatic heterocycles. The summed E-state index contributed by atoms with van der Waals surface area (Å²) in [5.41, 5.74) is 4.76. The summed E-state index contributed by atoms with van der Waals surface area (Å²) in [6, 6.07) is 15.5. The average Bonchev–Trinajstić information content (AvgIpc) is 3.41. The number of benzene rings is 2. The number of fused-ring (bicyclic) bond motifs is 1. The molecule has 0 saturated carbocycles. The Kier molecular flexibility index (Phi) is 9.79. The second-order valence-corrected chi connectivity index (χ2v) is 11.6. The maximum atomic E-state index is 12.9. The first-order chi connectivity index (χ1) is 20.4. The van der Waals surface area contributed by atoms with Gasteiger partial charge in [0, 0.05) is 43.4 Å². The van der Waals surface area contributed by atoms with Gasteiger partial charge in [0.25, 0.3) is 0 Å². The number of urea groups is 1. The SMILES string of the molecule is CCCCC(CC)CNc1nc(N2CCN(C(=O)Nc3ccc(Cl)cc3)CC2)nc2c1ncn2Cc1cccc(C)c1. The number of nitrogens with zero attached hydrogens (tertiary/aromatic N) is 6. The van der Waals surface area contributed by atoms with E-state index in [0.717, 1.165) is 35.6 Å². The molecular weight excluding hydrogens is 548 g/mol. The minimum Gasteiger partial charge on any atom is -0.368 e. The molecule has 9 nitrogen and oxygen atoms in total. The number of carbonyl (C=O) groups is 1. The first-order valence-corrected chi connectivity index (χ1v) is 15.4. The fourth-order valence-electron chi connectivity index (χ4n) is 5.35. The molecule has 2 amide bonds. The lowest BCUT2D eigenvalue weighted by Crippen LogP contribution is -2.50. The van der Waals surface area contributed by atoms with E-state index >= 15 is 0 Å². The van der Waals surface area contributed by atoms with Crippen LogP contribution in [0.25, 0.3) is 11.2 Å². The number of aromatic nitrogens is 4. The van der Waals surface area contributed by atoms with Crippen LogP contribution in [-0.4, -0.2) is 63.2 Å². The van der Waals surface area contributed by atoms with Crippen LogP contribution in [-0.2, 0) is 6.54 Å². The van der Waals surface area contributed by atoms with Crippen LogP contribution in [0.3, 0.4) is 0 Å². The zero-order chi connectivity index (χ0) is 29.5. The van der Waals surface area contributed by atoms with E-state index in [4.69, 9.17) is 26.6 Å². The number of aryl methyl sites for hydroxylation is 1. The van der Waals surface area contributed by atoms with Gasteiger partial charge >= 0.3 is 6.03 Å². The highest BCUT2D eigenvalue weighted by Crippen LogP contribution is 2.26. The van der Waals surface area contributed by atoms with E-state index < -0.39 is 0 Å². The molecular formula is C32H41ClN8O. The Labute approximate surface area is 253 Å². The number of halogens is 1. The van der Waals surface area contributed by atoms with Crippen LogP contribution in [0.1, 0.15) is 50.7 Å². The lowest BCUT2D eigenvalue weighted by molar-refractivity contribution is 0.208. The summed E-state index contributed by atoms with van der Waals surface area (Å²) in [5.74, 6) is 2.02. The molecule has 0 radical (unpaired) electrons. The van der Waals surface area contributed by atoms with Gasteiger partial charge in [0.05, 0.1) is 12.9 Å². The van der Waals surface area contributed by atoms with Crippen molar-refractivity contribution in [1.82, 2.24) is 24.4 Å². The highest BCUT2D eigenvalue weighted by molar-refractivity contribution is 6.30. The van der Waals surface area contributed by atoms with Gasteiger partial charge in [0.15, 0.2) is 17.0 Å². The van der Waals surface area contributed by atoms with Crippen molar-refractivity contribution in [2.45, 2.75) is 53.0 Å². The molecule has 1 unspecified atom stereocenters. The summed E-state index contributed by atoms with van der Waals surface area (Å²) in [4.78, 5) is 31.7. The number of nitrogens with one attached hydrogen (secondary N) is 2. The van der Waals surface area contributed by atoms with Gasteiger partial charge in [-0.15, -0.1) is 0 Å². The molecule has 0 bridgehead atoms. The summed E-state index contributed by atoms with van der Waals surface area (Å²) in [7, 11) is 0. The summed E-state index contributed by atoms with van der Waals surface area (Å²) >= 11 is 5.98. The van der Waals surface area contributed by atoms with Crippen LogP contribution in [0.2, 0.25) is 5.02 Å². The Bertz CT molecular complexity index is 1480. The topological polar surface area (TPSA) is 91.2 Å². The molecule has 1 aliphatic rings. The van der Waals surface area contributed by atoms with Crippen LogP contribution in [0.5, 0.6) is 0 Å². The third kappa shape index (κ3) is 7.31. The summed E-state index contributed by atoms with van der Waals surface area (Å²) in [6.45, 7) is 10.5. The normalized spacial score (nSPS) is 14.3. The highest BCUT2D eigenvalue weighted by Gasteiger charge is 2.25. The molecule has 1 aliphatic heterocycles. The Balaban J connectivity index is 1.35. The lowest BCUT2D eigenvalue weighted by atomic mass is 9.99. The van der Waals surface area contributed by atoms with Crippen LogP contribution in [0, 0.1) is 12.8 Å². The number of amides is 2. The van der Waals surface area contributed by atoms with Gasteiger partial charge in [-0.2, -0.15) is 9.97 Å². The fraction of sp³-hybridized carbons (Fsp3) is 0.438. The van der Waals surface area contributed by atoms with Crippen molar-refractivity contribution in [3.8, 4) is 0 Å². The van der Waals surface area contributed by atoms with E-state index in [9.17, 15) is 4.79 Å². The van der Waals surface area contributed by atoms with Crippen molar-refractivity contribution in [3.63, 3.8) is 0 Å². The molecule has 1 fully saturated rings. The second-order valence-electron chi connectivity index (χ2n) is 11.1. The van der Waals surface area contributed by atoms with Gasteiger partial charge in [0.1, 0.15) is 0 Å². The predicted molar refractivity (Wildman–Crippen MR) is 172 cm³/mol. The first kappa shape index (κ1) is 29.6. The van der Waals surface area contributed by atoms with Gasteiger partial charge in [0.2, 0.25) is 5.95 Å². The number of rotatable bonds is 11. The van der Waals surface area contributed by atoms with Crippen LogP contribution >= 0.6 is 11.6 Å². The molecule has 222 valence electrons. The number of anilines is 3. The number of hydrogen-bond donors (Lipinski definition) is 2. The number of unbranched alkanes of at least 4 members (excludes halogenated alkanes) is 1. The number of imidazole rings is 1. The molecule has 0 spiro atoms. The Morgan fingerprint density at radius 1 is 1.05 bits per heavy atom. The highest BCUT2D eigenvalue weighted by atomic mass is 35.5. The summed E-state index contributed by atoms with van der Waals surface area (Å²) in [6.07, 6.45) is 6.61. The van der Waals surface area contributed by atoms with E-state index in [1.165, 1.54) is 30.4 Å². The van der Waals surface area contributed by atoms with Crippen LogP contribution in [0.4, 0.5) is 22.2 Å². The zero-order valence-corrected chi connectivity index (χ0v) is 25.6. The van der Waals surface area contributed by atoms with Crippen molar-refractivity contribution < 1.29 is 4.79 Å². The number of carbonyl (C=O) groups excluding carboxylic acids is 1. The van der Waals surface area contributed by atoms with Gasteiger partial charge in [-0.25, -0.2) is 9.78 Å². The molecule has 0 aliphatic carbocycles. The van der Waals surface area contributed by atoms with Crippen molar-refractivity contribution in [3.05, 3.63) is 71.0 Å². The maximum Gasteiger partial charge on any atom is 0.321 e. The van der Waals surface area contributed by atoms with Crippen molar-refractivity contribution in [2.75, 3.05) is 48.3 Å². The van der Waals surface area contributed by atoms with E-state index in [0.29, 0.717) is 49.6 Å². The van der Waals surface area contributed by atoms with Gasteiger partial charge < -0.3 is 25.0 Å². The van der Waals surface area contributed by atoms with Crippen molar-refractivity contribution in [1.29, 1.82) is 0 Å². The third-order valence-corrected chi connectivity index (χ3v) is 8.19. The maximum absolute atomic E-state index is 12.9. The van der Waals surface area contributed by atoms with Crippen molar-refractivity contribution >= 4 is 46.2 Å². The standard InChI is InChI=1S/C32H41ClN8O/c1-4-6-9-24(5-2)20-34-29-28-30(41(22-35-28)21-25-10-7-8-23(3)19-25)38-31(37-29)39-15-17-40(18-16-39)32(42)36-27-13-11-26(33)12-14-27/h7-8,10-14,19,22,24H,4-6,9,15-18,20-21H2,1-3H3,(H,36,42)(H,34,37,38). The average molecular weight is 589 g/mol. The predicted octanol–water partition coefficient (Wildman–Crippen LogP) is 6.82. The zero-order valence-electron chi connectivity index (χ0n) is 24.8. The third-order valence-electron chi connectivity index (χ3n) is 7.93. The molecule has 3 heterocycles. The second kappa shape index (κ2) is 13.9. The molecule has 4 aromatic rings. The summed E-state index contributed by atoms with van der Waals surface area (Å²) in [5, 5.41) is 7.23. The Morgan fingerprint density at radius 3 is 2.55 bits per heavy atom. The van der Waals surface area contributed by atoms with E-state index in [1.54, 1.807) is 24.3 Å². The number of hydrogen-bond acceptors (Lipinski definition) is 6. The van der Waals surface area contributed by atoms with E-state index in [1.807, 2.05) is 11.2 Å². The minimum atomic E-state index is -0.121. The van der Waals surface area contributed by atoms with Gasteiger partial charge in [-0.3, -0.25) is 0 Å². The smallest absolute Gasteiger partial charge is 0.321 e. The number of piperazine rings is 1. The molecule has 1 saturated heterocycles. The van der Waals surface area contributed by atoms with Crippen LogP contribution < -0.4 is 15.5 Å². The van der Waals surface area contributed by atoms with Crippen molar-refractivity contribution in [2.24, 2.45) is 5.92 Å². The van der Waals surface area contributed by atoms with E-state index in [2.05, 4.69) is 65.1 Å². The molecule has 2 N–H and O–H groups in total. The van der Waals surface area contributed by atoms with E-state index in [-0.39, 0.29) is 6.03 Å². The molecule has 42 heavy (non-hydrogen) atoms. The quantitative estimate of drug-likeness (QED) is 0.200. The first-order valence-electron chi connectivity index (χ1n) is 15.0. The Morgan fingerprint density at radius 2 is 1.83 bits per heavy atom. The molecule has 2 aromatic carbocycles. The lowest BCUT2D eigenvalue weighted by Gasteiger charge is -2.34. The molecule has 10 heteroatoms. The van der Waals surface area contributed by atoms with Gasteiger partial charge in [-0.05, 0) is 49.1 Å². The fourth-order valence-corrected chi connectivity index (χ4v) is 5.48. The summed E-state index contributed by atoms with van der Waals surface area (Å²) < 4.78 is 2.10. The van der Waals surface area contributed by atoms with Gasteiger partial charge in [-0.1, -0.05) is 74.5 Å². The Hall–Kier alpha value is -3.85.